The molecule has 1 aliphatic rings. The molecule has 1 fully saturated rings. The molecule has 0 aromatic carbocycles. The number of thiophene rings is 1. The highest BCUT2D eigenvalue weighted by atomic mass is 32.2. The number of ether oxygens (including phenoxy) is 1. The number of hydrogen-bond donors (Lipinski definition) is 0. The second kappa shape index (κ2) is 6.03. The minimum Gasteiger partial charge on any atom is -0.363 e. The Hall–Kier alpha value is -0.320. The first-order chi connectivity index (χ1) is 8.26. The predicted octanol–water partition coefficient (Wildman–Crippen LogP) is 3.97. The molecule has 1 atom stereocenters. The molecule has 17 heavy (non-hydrogen) atoms. The molecule has 1 saturated heterocycles. The smallest absolute Gasteiger partial charge is 0.176 e. The van der Waals surface area contributed by atoms with Gasteiger partial charge in [-0.1, -0.05) is 19.4 Å². The number of thioether (sulfide) groups is 1. The van der Waals surface area contributed by atoms with Gasteiger partial charge in [-0.25, -0.2) is 0 Å². The van der Waals surface area contributed by atoms with Gasteiger partial charge in [-0.05, 0) is 24.3 Å². The first-order valence-corrected chi connectivity index (χ1v) is 7.97. The van der Waals surface area contributed by atoms with Crippen LogP contribution in [0.2, 0.25) is 0 Å². The minimum atomic E-state index is -0.239. The highest BCUT2D eigenvalue weighted by Crippen LogP contribution is 2.41. The first kappa shape index (κ1) is 13.1. The van der Waals surface area contributed by atoms with Gasteiger partial charge in [0.25, 0.3) is 0 Å². The maximum Gasteiger partial charge on any atom is 0.176 e. The fourth-order valence-corrected chi connectivity index (χ4v) is 3.94. The Morgan fingerprint density at radius 2 is 2.47 bits per heavy atom. The highest BCUT2D eigenvalue weighted by molar-refractivity contribution is 8.00. The second-order valence-electron chi connectivity index (χ2n) is 4.29. The summed E-state index contributed by atoms with van der Waals surface area (Å²) in [7, 11) is 0. The second-order valence-corrected chi connectivity index (χ2v) is 6.68. The molecule has 0 radical (unpaired) electrons. The number of unbranched alkanes of at least 4 members (excludes halogenated alkanes) is 1. The van der Waals surface area contributed by atoms with Crippen molar-refractivity contribution in [2.45, 2.75) is 37.5 Å². The van der Waals surface area contributed by atoms with Gasteiger partial charge in [0.05, 0.1) is 17.9 Å². The van der Waals surface area contributed by atoms with Gasteiger partial charge < -0.3 is 4.74 Å². The predicted molar refractivity (Wildman–Crippen MR) is 73.9 cm³/mol. The van der Waals surface area contributed by atoms with Crippen LogP contribution in [0.15, 0.2) is 17.5 Å². The highest BCUT2D eigenvalue weighted by Gasteiger charge is 2.37. The molecule has 94 valence electrons. The molecule has 2 nitrogen and oxygen atoms in total. The fourth-order valence-electron chi connectivity index (χ4n) is 2.05. The normalized spacial score (nSPS) is 24.1. The molecule has 4 heteroatoms. The maximum absolute atomic E-state index is 12.1. The molecule has 1 aromatic rings. The summed E-state index contributed by atoms with van der Waals surface area (Å²) in [5.74, 6) is 1.24. The van der Waals surface area contributed by atoms with Gasteiger partial charge in [-0.2, -0.15) is 0 Å². The summed E-state index contributed by atoms with van der Waals surface area (Å²) in [6.45, 7) is 2.96. The molecular weight excluding hydrogens is 252 g/mol. The van der Waals surface area contributed by atoms with Crippen molar-refractivity contribution in [1.82, 2.24) is 0 Å². The van der Waals surface area contributed by atoms with Gasteiger partial charge in [0.2, 0.25) is 0 Å². The lowest BCUT2D eigenvalue weighted by Crippen LogP contribution is -2.27. The van der Waals surface area contributed by atoms with Gasteiger partial charge in [-0.15, -0.1) is 23.1 Å². The molecule has 1 unspecified atom stereocenters. The van der Waals surface area contributed by atoms with Crippen LogP contribution in [0.5, 0.6) is 0 Å². The van der Waals surface area contributed by atoms with Crippen LogP contribution in [0.3, 0.4) is 0 Å². The van der Waals surface area contributed by atoms with Crippen LogP contribution in [0.1, 0.15) is 42.3 Å². The van der Waals surface area contributed by atoms with Crippen molar-refractivity contribution in [2.75, 3.05) is 12.4 Å². The van der Waals surface area contributed by atoms with E-state index in [0.29, 0.717) is 6.42 Å². The summed E-state index contributed by atoms with van der Waals surface area (Å²) in [4.78, 5) is 12.8. The SMILES string of the molecule is CCCCC1(CC(=O)c2cccs2)OCCS1. The Morgan fingerprint density at radius 3 is 3.06 bits per heavy atom. The summed E-state index contributed by atoms with van der Waals surface area (Å²) < 4.78 is 5.86. The number of hydrogen-bond acceptors (Lipinski definition) is 4. The third-order valence-corrected chi connectivity index (χ3v) is 5.22. The van der Waals surface area contributed by atoms with Crippen molar-refractivity contribution in [2.24, 2.45) is 0 Å². The largest absolute Gasteiger partial charge is 0.363 e. The van der Waals surface area contributed by atoms with E-state index in [0.717, 1.165) is 36.5 Å². The summed E-state index contributed by atoms with van der Waals surface area (Å²) in [6, 6.07) is 3.83. The van der Waals surface area contributed by atoms with Gasteiger partial charge >= 0.3 is 0 Å². The Balaban J connectivity index is 2.00. The standard InChI is InChI=1S/C13H18O2S2/c1-2-3-6-13(15-7-9-17-13)10-11(14)12-5-4-8-16-12/h4-5,8H,2-3,6-7,9-10H2,1H3. The van der Waals surface area contributed by atoms with Gasteiger partial charge in [0, 0.05) is 5.75 Å². The summed E-state index contributed by atoms with van der Waals surface area (Å²) >= 11 is 3.34. The van der Waals surface area contributed by atoms with E-state index < -0.39 is 0 Å². The lowest BCUT2D eigenvalue weighted by Gasteiger charge is -2.26. The molecule has 2 heterocycles. The average Bonchev–Trinajstić information content (AvgIpc) is 2.98. The summed E-state index contributed by atoms with van der Waals surface area (Å²) in [6.07, 6.45) is 3.80. The van der Waals surface area contributed by atoms with Crippen molar-refractivity contribution in [3.63, 3.8) is 0 Å². The van der Waals surface area contributed by atoms with E-state index in [2.05, 4.69) is 6.92 Å². The monoisotopic (exact) mass is 270 g/mol. The third kappa shape index (κ3) is 3.33. The van der Waals surface area contributed by atoms with Gasteiger partial charge in [-0.3, -0.25) is 4.79 Å². The van der Waals surface area contributed by atoms with Crippen molar-refractivity contribution in [3.8, 4) is 0 Å². The Kier molecular flexibility index (Phi) is 4.65. The van der Waals surface area contributed by atoms with Crippen LogP contribution >= 0.6 is 23.1 Å². The van der Waals surface area contributed by atoms with Gasteiger partial charge in [0.15, 0.2) is 5.78 Å². The van der Waals surface area contributed by atoms with E-state index in [4.69, 9.17) is 4.74 Å². The molecule has 0 bridgehead atoms. The van der Waals surface area contributed by atoms with Crippen LogP contribution in [0, 0.1) is 0 Å². The zero-order valence-electron chi connectivity index (χ0n) is 10.1. The summed E-state index contributed by atoms with van der Waals surface area (Å²) in [5.41, 5.74) is 0. The van der Waals surface area contributed by atoms with Crippen LogP contribution < -0.4 is 0 Å². The molecule has 2 rings (SSSR count). The number of carbonyl (C=O) groups is 1. The molecule has 0 aliphatic carbocycles. The third-order valence-electron chi connectivity index (χ3n) is 2.95. The van der Waals surface area contributed by atoms with Crippen LogP contribution in [-0.2, 0) is 4.74 Å². The quantitative estimate of drug-likeness (QED) is 0.732. The number of rotatable bonds is 6. The van der Waals surface area contributed by atoms with Crippen molar-refractivity contribution in [3.05, 3.63) is 22.4 Å². The maximum atomic E-state index is 12.1. The molecular formula is C13H18O2S2. The molecule has 1 aliphatic heterocycles. The summed E-state index contributed by atoms with van der Waals surface area (Å²) in [5, 5.41) is 1.95. The molecule has 0 spiro atoms. The number of ketones is 1. The lowest BCUT2D eigenvalue weighted by molar-refractivity contribution is 0.0356. The van der Waals surface area contributed by atoms with E-state index in [1.807, 2.05) is 29.3 Å². The lowest BCUT2D eigenvalue weighted by atomic mass is 10.1. The van der Waals surface area contributed by atoms with E-state index >= 15 is 0 Å². The fraction of sp³-hybridized carbons (Fsp3) is 0.615. The zero-order chi connectivity index (χ0) is 12.1. The average molecular weight is 270 g/mol. The molecule has 0 saturated carbocycles. The van der Waals surface area contributed by atoms with Gasteiger partial charge in [0.1, 0.15) is 4.93 Å². The minimum absolute atomic E-state index is 0.227. The molecule has 0 amide bonds. The van der Waals surface area contributed by atoms with E-state index in [-0.39, 0.29) is 10.7 Å². The zero-order valence-corrected chi connectivity index (χ0v) is 11.7. The van der Waals surface area contributed by atoms with Crippen LogP contribution in [0.4, 0.5) is 0 Å². The van der Waals surface area contributed by atoms with Crippen LogP contribution in [0.25, 0.3) is 0 Å². The number of Topliss-reactive ketones (excluding diaryl/α,β-unsaturated/α-hetero) is 1. The Morgan fingerprint density at radius 1 is 1.59 bits per heavy atom. The van der Waals surface area contributed by atoms with Crippen molar-refractivity contribution in [1.29, 1.82) is 0 Å². The number of carbonyl (C=O) groups excluding carboxylic acids is 1. The van der Waals surface area contributed by atoms with Crippen molar-refractivity contribution >= 4 is 28.9 Å². The topological polar surface area (TPSA) is 26.3 Å². The van der Waals surface area contributed by atoms with E-state index in [1.54, 1.807) is 0 Å². The Bertz CT molecular complexity index is 354. The van der Waals surface area contributed by atoms with E-state index in [1.165, 1.54) is 11.3 Å². The van der Waals surface area contributed by atoms with E-state index in [9.17, 15) is 4.79 Å². The molecule has 0 N–H and O–H groups in total. The van der Waals surface area contributed by atoms with Crippen molar-refractivity contribution < 1.29 is 9.53 Å². The molecule has 1 aromatic heterocycles. The van der Waals surface area contributed by atoms with Crippen LogP contribution in [-0.4, -0.2) is 23.1 Å². The Labute approximate surface area is 111 Å². The first-order valence-electron chi connectivity index (χ1n) is 6.10.